The Kier molecular flexibility index (Phi) is 6.25. The molecule has 2 aliphatic heterocycles. The van der Waals surface area contributed by atoms with Gasteiger partial charge in [0.25, 0.3) is 0 Å². The summed E-state index contributed by atoms with van der Waals surface area (Å²) in [5.41, 5.74) is 1.21. The van der Waals surface area contributed by atoms with E-state index in [0.29, 0.717) is 18.6 Å². The number of carbonyl (C=O) groups is 2. The molecule has 1 spiro atoms. The average molecular weight is 424 g/mol. The van der Waals surface area contributed by atoms with Gasteiger partial charge in [0.1, 0.15) is 11.5 Å². The van der Waals surface area contributed by atoms with Gasteiger partial charge in [-0.2, -0.15) is 0 Å². The number of methoxy groups -OCH3 is 1. The van der Waals surface area contributed by atoms with Gasteiger partial charge in [-0.15, -0.1) is 0 Å². The highest BCUT2D eigenvalue weighted by atomic mass is 16.5. The Balaban J connectivity index is 1.47. The maximum Gasteiger partial charge on any atom is 0.328 e. The number of piperidine rings is 1. The highest BCUT2D eigenvalue weighted by molar-refractivity contribution is 5.86. The van der Waals surface area contributed by atoms with Gasteiger partial charge in [-0.3, -0.25) is 14.6 Å². The molecule has 0 radical (unpaired) electrons. The fourth-order valence-electron chi connectivity index (χ4n) is 4.54. The lowest BCUT2D eigenvalue weighted by atomic mass is 9.96. The first-order chi connectivity index (χ1) is 15.0. The first-order valence-corrected chi connectivity index (χ1v) is 10.6. The van der Waals surface area contributed by atoms with Crippen molar-refractivity contribution in [3.05, 3.63) is 65.7 Å². The molecule has 1 N–H and O–H groups in total. The summed E-state index contributed by atoms with van der Waals surface area (Å²) < 4.78 is 11.2. The molecule has 0 unspecified atom stereocenters. The van der Waals surface area contributed by atoms with E-state index >= 15 is 0 Å². The summed E-state index contributed by atoms with van der Waals surface area (Å²) in [7, 11) is 1.59. The van der Waals surface area contributed by atoms with Gasteiger partial charge in [0.05, 0.1) is 20.1 Å². The zero-order chi connectivity index (χ0) is 21.8. The molecular weight excluding hydrogens is 396 g/mol. The number of hydrogen-bond acceptors (Lipinski definition) is 5. The maximum atomic E-state index is 13.3. The van der Waals surface area contributed by atoms with Crippen LogP contribution in [-0.4, -0.2) is 65.4 Å². The molecule has 2 aromatic rings. The molecule has 164 valence electrons. The van der Waals surface area contributed by atoms with Crippen LogP contribution in [0.15, 0.2) is 54.6 Å². The molecule has 2 aromatic carbocycles. The fourth-order valence-corrected chi connectivity index (χ4v) is 4.54. The van der Waals surface area contributed by atoms with Gasteiger partial charge in [0.2, 0.25) is 5.91 Å². The molecule has 0 aliphatic carbocycles. The minimum absolute atomic E-state index is 0.0301. The van der Waals surface area contributed by atoms with E-state index in [9.17, 15) is 14.7 Å². The van der Waals surface area contributed by atoms with E-state index in [0.717, 1.165) is 25.2 Å². The number of rotatable bonds is 6. The standard InChI is InChI=1S/C24H28N2O5/c1-30-20-9-7-18(8-10-20)15-22(27)26-21(23(28)29)17-31-24(26)11-13-25(14-12-24)16-19-5-3-2-4-6-19/h2-10,21H,11-17H2,1H3,(H,28,29)/t21-/m1/s1. The predicted octanol–water partition coefficient (Wildman–Crippen LogP) is 2.54. The Morgan fingerprint density at radius 2 is 1.74 bits per heavy atom. The summed E-state index contributed by atoms with van der Waals surface area (Å²) in [4.78, 5) is 29.0. The van der Waals surface area contributed by atoms with E-state index in [1.807, 2.05) is 30.3 Å². The summed E-state index contributed by atoms with van der Waals surface area (Å²) in [6.07, 6.45) is 1.32. The summed E-state index contributed by atoms with van der Waals surface area (Å²) in [6, 6.07) is 16.6. The van der Waals surface area contributed by atoms with E-state index in [2.05, 4.69) is 17.0 Å². The van der Waals surface area contributed by atoms with E-state index in [1.165, 1.54) is 10.5 Å². The van der Waals surface area contributed by atoms with Crippen LogP contribution >= 0.6 is 0 Å². The third-order valence-electron chi connectivity index (χ3n) is 6.22. The van der Waals surface area contributed by atoms with E-state index < -0.39 is 17.7 Å². The molecular formula is C24H28N2O5. The largest absolute Gasteiger partial charge is 0.497 e. The molecule has 2 saturated heterocycles. The summed E-state index contributed by atoms with van der Waals surface area (Å²) in [5, 5.41) is 9.73. The van der Waals surface area contributed by atoms with Crippen LogP contribution in [0.3, 0.4) is 0 Å². The molecule has 2 fully saturated rings. The molecule has 2 aliphatic rings. The normalized spacial score (nSPS) is 20.7. The van der Waals surface area contributed by atoms with Crippen LogP contribution in [0.1, 0.15) is 24.0 Å². The average Bonchev–Trinajstić information content (AvgIpc) is 3.16. The Bertz CT molecular complexity index is 907. The van der Waals surface area contributed by atoms with E-state index in [1.54, 1.807) is 19.2 Å². The first-order valence-electron chi connectivity index (χ1n) is 10.6. The molecule has 1 amide bonds. The van der Waals surface area contributed by atoms with Crippen molar-refractivity contribution < 1.29 is 24.2 Å². The van der Waals surface area contributed by atoms with Gasteiger partial charge in [0.15, 0.2) is 6.04 Å². The minimum Gasteiger partial charge on any atom is -0.497 e. The van der Waals surface area contributed by atoms with E-state index in [-0.39, 0.29) is 18.9 Å². The van der Waals surface area contributed by atoms with Crippen molar-refractivity contribution in [1.82, 2.24) is 9.80 Å². The van der Waals surface area contributed by atoms with Crippen LogP contribution in [0.2, 0.25) is 0 Å². The van der Waals surface area contributed by atoms with Gasteiger partial charge < -0.3 is 14.6 Å². The number of ether oxygens (including phenoxy) is 2. The zero-order valence-electron chi connectivity index (χ0n) is 17.7. The number of amides is 1. The second-order valence-electron chi connectivity index (χ2n) is 8.16. The van der Waals surface area contributed by atoms with Crippen molar-refractivity contribution in [2.75, 3.05) is 26.8 Å². The van der Waals surface area contributed by atoms with Crippen molar-refractivity contribution in [3.63, 3.8) is 0 Å². The number of nitrogens with zero attached hydrogens (tertiary/aromatic N) is 2. The minimum atomic E-state index is -1.02. The third-order valence-corrected chi connectivity index (χ3v) is 6.22. The molecule has 0 saturated carbocycles. The van der Waals surface area contributed by atoms with Gasteiger partial charge >= 0.3 is 5.97 Å². The van der Waals surface area contributed by atoms with Crippen molar-refractivity contribution in [2.45, 2.75) is 37.6 Å². The van der Waals surface area contributed by atoms with Crippen LogP contribution in [-0.2, 0) is 27.3 Å². The molecule has 7 heteroatoms. The van der Waals surface area contributed by atoms with Crippen molar-refractivity contribution in [2.24, 2.45) is 0 Å². The lowest BCUT2D eigenvalue weighted by molar-refractivity contribution is -0.165. The quantitative estimate of drug-likeness (QED) is 0.768. The van der Waals surface area contributed by atoms with Crippen LogP contribution in [0.5, 0.6) is 5.75 Å². The van der Waals surface area contributed by atoms with Gasteiger partial charge in [-0.25, -0.2) is 4.79 Å². The SMILES string of the molecule is COc1ccc(CC(=O)N2[C@@H](C(=O)O)COC23CCN(Cc2ccccc2)CC3)cc1. The second kappa shape index (κ2) is 9.08. The number of carbonyl (C=O) groups excluding carboxylic acids is 1. The zero-order valence-corrected chi connectivity index (χ0v) is 17.7. The number of benzene rings is 2. The van der Waals surface area contributed by atoms with Crippen molar-refractivity contribution >= 4 is 11.9 Å². The second-order valence-corrected chi connectivity index (χ2v) is 8.16. The summed E-state index contributed by atoms with van der Waals surface area (Å²) >= 11 is 0. The van der Waals surface area contributed by atoms with Crippen LogP contribution in [0.25, 0.3) is 0 Å². The number of carboxylic acids is 1. The molecule has 2 heterocycles. The molecule has 4 rings (SSSR count). The predicted molar refractivity (Wildman–Crippen MR) is 115 cm³/mol. The van der Waals surface area contributed by atoms with Crippen molar-refractivity contribution in [3.8, 4) is 5.75 Å². The highest BCUT2D eigenvalue weighted by Crippen LogP contribution is 2.38. The Labute approximate surface area is 182 Å². The van der Waals surface area contributed by atoms with Gasteiger partial charge in [-0.1, -0.05) is 42.5 Å². The topological polar surface area (TPSA) is 79.3 Å². The Morgan fingerprint density at radius 3 is 2.35 bits per heavy atom. The Hall–Kier alpha value is -2.90. The Morgan fingerprint density at radius 1 is 1.06 bits per heavy atom. The van der Waals surface area contributed by atoms with Crippen LogP contribution < -0.4 is 4.74 Å². The van der Waals surface area contributed by atoms with Crippen molar-refractivity contribution in [1.29, 1.82) is 0 Å². The van der Waals surface area contributed by atoms with Gasteiger partial charge in [-0.05, 0) is 23.3 Å². The molecule has 7 nitrogen and oxygen atoms in total. The fraction of sp³-hybridized carbons (Fsp3) is 0.417. The highest BCUT2D eigenvalue weighted by Gasteiger charge is 2.53. The number of likely N-dealkylation sites (tertiary alicyclic amines) is 1. The summed E-state index contributed by atoms with van der Waals surface area (Å²) in [5.74, 6) is -0.523. The lowest BCUT2D eigenvalue weighted by Crippen LogP contribution is -2.58. The molecule has 0 aromatic heterocycles. The lowest BCUT2D eigenvalue weighted by Gasteiger charge is -2.44. The smallest absolute Gasteiger partial charge is 0.328 e. The molecule has 0 bridgehead atoms. The number of carboxylic acid groups (broad SMARTS) is 1. The third kappa shape index (κ3) is 4.57. The monoisotopic (exact) mass is 424 g/mol. The van der Waals surface area contributed by atoms with Crippen LogP contribution in [0, 0.1) is 0 Å². The number of aliphatic carboxylic acids is 1. The van der Waals surface area contributed by atoms with Gasteiger partial charge in [0, 0.05) is 32.5 Å². The molecule has 1 atom stereocenters. The number of hydrogen-bond donors (Lipinski definition) is 1. The van der Waals surface area contributed by atoms with E-state index in [4.69, 9.17) is 9.47 Å². The van der Waals surface area contributed by atoms with Crippen LogP contribution in [0.4, 0.5) is 0 Å². The summed E-state index contributed by atoms with van der Waals surface area (Å²) in [6.45, 7) is 2.35. The maximum absolute atomic E-state index is 13.3. The molecule has 31 heavy (non-hydrogen) atoms. The first kappa shape index (κ1) is 21.3.